The molecule has 0 aromatic carbocycles. The van der Waals surface area contributed by atoms with Crippen LogP contribution in [0.15, 0.2) is 11.6 Å². The highest BCUT2D eigenvalue weighted by Gasteiger charge is 2.66. The molecule has 0 heterocycles. The number of aliphatic hydroxyl groups excluding tert-OH is 1. The maximum absolute atomic E-state index is 13.5. The first-order valence-electron chi connectivity index (χ1n) is 11.4. The number of likely N-dealkylation sites (N-methyl/N-ethyl adjacent to an activating group) is 1. The van der Waals surface area contributed by atoms with Crippen LogP contribution in [0.25, 0.3) is 0 Å². The number of methoxy groups -OCH3 is 1. The number of hydrogen-bond donors (Lipinski definition) is 2. The molecule has 174 valence electrons. The fraction of sp³-hybridized carbons (Fsp3) is 0.792. The number of hydrogen-bond acceptors (Lipinski definition) is 7. The van der Waals surface area contributed by atoms with E-state index in [1.54, 1.807) is 7.05 Å². The molecular weight excluding hydrogens is 398 g/mol. The van der Waals surface area contributed by atoms with Crippen molar-refractivity contribution in [3.05, 3.63) is 11.6 Å². The van der Waals surface area contributed by atoms with Crippen LogP contribution in [-0.4, -0.2) is 56.2 Å². The normalized spacial score (nSPS) is 41.3. The summed E-state index contributed by atoms with van der Waals surface area (Å²) in [7, 11) is 3.16. The Balaban J connectivity index is 1.90. The molecule has 3 aliphatic carbocycles. The standard InChI is InChI=1S/C24H37NO6/c1-14-15(13-17(26)31-12-11-25-4)7-8-16-18(14)19(27)20(28)21-23(16,2)9-6-10-24(21,3)22(29)30-5/h13-14,16,18,20-21,25,28H,6-12H2,1-5H3/b15-13+/t14-,16-,18-,20-,21+,23+,24-/m0/s1. The molecule has 7 nitrogen and oxygen atoms in total. The summed E-state index contributed by atoms with van der Waals surface area (Å²) in [4.78, 5) is 38.4. The minimum atomic E-state index is -1.21. The Bertz CT molecular complexity index is 763. The number of fused-ring (bicyclic) bond motifs is 3. The van der Waals surface area contributed by atoms with E-state index in [1.165, 1.54) is 13.2 Å². The summed E-state index contributed by atoms with van der Waals surface area (Å²) in [5.41, 5.74) is -0.310. The van der Waals surface area contributed by atoms with Gasteiger partial charge in [-0.25, -0.2) is 4.79 Å². The lowest BCUT2D eigenvalue weighted by molar-refractivity contribution is -0.198. The summed E-state index contributed by atoms with van der Waals surface area (Å²) >= 11 is 0. The molecule has 0 amide bonds. The average Bonchev–Trinajstić information content (AvgIpc) is 2.73. The van der Waals surface area contributed by atoms with Gasteiger partial charge in [-0.1, -0.05) is 25.8 Å². The summed E-state index contributed by atoms with van der Waals surface area (Å²) in [5.74, 6) is -1.85. The van der Waals surface area contributed by atoms with Gasteiger partial charge in [-0.3, -0.25) is 9.59 Å². The molecule has 3 aliphatic rings. The van der Waals surface area contributed by atoms with Crippen molar-refractivity contribution in [1.82, 2.24) is 5.32 Å². The quantitative estimate of drug-likeness (QED) is 0.388. The Labute approximate surface area is 184 Å². The molecule has 3 rings (SSSR count). The molecular formula is C24H37NO6. The number of allylic oxidation sites excluding steroid dienone is 1. The summed E-state index contributed by atoms with van der Waals surface area (Å²) in [6.07, 6.45) is 4.13. The number of aliphatic hydroxyl groups is 1. The van der Waals surface area contributed by atoms with E-state index in [0.717, 1.165) is 24.8 Å². The second-order valence-electron chi connectivity index (χ2n) is 10.0. The van der Waals surface area contributed by atoms with E-state index in [0.29, 0.717) is 26.0 Å². The van der Waals surface area contributed by atoms with Crippen LogP contribution < -0.4 is 5.32 Å². The van der Waals surface area contributed by atoms with Gasteiger partial charge in [0.25, 0.3) is 0 Å². The number of carbonyl (C=O) groups excluding carboxylic acids is 3. The van der Waals surface area contributed by atoms with Gasteiger partial charge in [-0.15, -0.1) is 0 Å². The van der Waals surface area contributed by atoms with Gasteiger partial charge in [0.1, 0.15) is 12.7 Å². The number of esters is 2. The summed E-state index contributed by atoms with van der Waals surface area (Å²) in [6, 6.07) is 0. The third kappa shape index (κ3) is 3.95. The Kier molecular flexibility index (Phi) is 6.96. The SMILES string of the molecule is CNCCOC(=O)/C=C1\CC[C@H]2[C@@H](C(=O)[C@H](O)[C@@H]3[C@]2(C)CCC[C@]3(C)C(=O)OC)[C@H]1C. The molecule has 0 saturated heterocycles. The van der Waals surface area contributed by atoms with Gasteiger partial charge < -0.3 is 19.9 Å². The third-order valence-electron chi connectivity index (χ3n) is 8.44. The Morgan fingerprint density at radius 3 is 2.65 bits per heavy atom. The number of rotatable bonds is 5. The molecule has 0 aromatic rings. The first kappa shape index (κ1) is 23.9. The fourth-order valence-corrected chi connectivity index (χ4v) is 6.97. The second kappa shape index (κ2) is 9.02. The van der Waals surface area contributed by atoms with Gasteiger partial charge in [0.05, 0.1) is 12.5 Å². The highest BCUT2D eigenvalue weighted by molar-refractivity contribution is 5.90. The lowest BCUT2D eigenvalue weighted by atomic mass is 9.42. The predicted molar refractivity (Wildman–Crippen MR) is 115 cm³/mol. The monoisotopic (exact) mass is 435 g/mol. The Morgan fingerprint density at radius 1 is 1.29 bits per heavy atom. The smallest absolute Gasteiger partial charge is 0.330 e. The molecule has 0 unspecified atom stereocenters. The Hall–Kier alpha value is -1.73. The molecule has 3 fully saturated rings. The predicted octanol–water partition coefficient (Wildman–Crippen LogP) is 2.27. The third-order valence-corrected chi connectivity index (χ3v) is 8.44. The van der Waals surface area contributed by atoms with Crippen molar-refractivity contribution < 1.29 is 29.0 Å². The van der Waals surface area contributed by atoms with Gasteiger partial charge in [0, 0.05) is 24.5 Å². The highest BCUT2D eigenvalue weighted by atomic mass is 16.5. The summed E-state index contributed by atoms with van der Waals surface area (Å²) in [5, 5.41) is 14.1. The molecule has 7 heteroatoms. The van der Waals surface area contributed by atoms with E-state index in [-0.39, 0.29) is 40.9 Å². The maximum Gasteiger partial charge on any atom is 0.330 e. The van der Waals surface area contributed by atoms with Gasteiger partial charge in [0.15, 0.2) is 5.78 Å². The van der Waals surface area contributed by atoms with Crippen LogP contribution in [0.5, 0.6) is 0 Å². The molecule has 0 bridgehead atoms. The highest BCUT2D eigenvalue weighted by Crippen LogP contribution is 2.64. The maximum atomic E-state index is 13.5. The Morgan fingerprint density at radius 2 is 2.00 bits per heavy atom. The molecule has 3 saturated carbocycles. The largest absolute Gasteiger partial charge is 0.469 e. The van der Waals surface area contributed by atoms with Crippen LogP contribution in [0.3, 0.4) is 0 Å². The first-order chi connectivity index (χ1) is 14.6. The van der Waals surface area contributed by atoms with Crippen LogP contribution >= 0.6 is 0 Å². The number of carbonyl (C=O) groups is 3. The van der Waals surface area contributed by atoms with Crippen molar-refractivity contribution in [1.29, 1.82) is 0 Å². The van der Waals surface area contributed by atoms with E-state index < -0.39 is 17.4 Å². The zero-order valence-electron chi connectivity index (χ0n) is 19.4. The molecule has 7 atom stereocenters. The van der Waals surface area contributed by atoms with Gasteiger partial charge >= 0.3 is 11.9 Å². The lowest BCUT2D eigenvalue weighted by Crippen LogP contribution is -2.65. The van der Waals surface area contributed by atoms with Crippen molar-refractivity contribution in [3.63, 3.8) is 0 Å². The van der Waals surface area contributed by atoms with Gasteiger partial charge in [-0.05, 0) is 56.9 Å². The van der Waals surface area contributed by atoms with Crippen LogP contribution in [0.1, 0.15) is 52.9 Å². The van der Waals surface area contributed by atoms with Gasteiger partial charge in [0.2, 0.25) is 0 Å². The number of Topliss-reactive ketones (excluding diaryl/α,β-unsaturated/α-hetero) is 1. The van der Waals surface area contributed by atoms with Crippen molar-refractivity contribution in [2.45, 2.75) is 59.0 Å². The first-order valence-corrected chi connectivity index (χ1v) is 11.4. The van der Waals surface area contributed by atoms with Crippen LogP contribution in [-0.2, 0) is 23.9 Å². The zero-order chi connectivity index (χ0) is 23.0. The van der Waals surface area contributed by atoms with E-state index in [1.807, 2.05) is 13.8 Å². The zero-order valence-corrected chi connectivity index (χ0v) is 19.4. The lowest BCUT2D eigenvalue weighted by Gasteiger charge is -2.61. The molecule has 0 spiro atoms. The molecule has 0 aliphatic heterocycles. The van der Waals surface area contributed by atoms with E-state index >= 15 is 0 Å². The minimum Gasteiger partial charge on any atom is -0.469 e. The van der Waals surface area contributed by atoms with Crippen LogP contribution in [0.2, 0.25) is 0 Å². The number of nitrogens with one attached hydrogen (secondary N) is 1. The topological polar surface area (TPSA) is 102 Å². The second-order valence-corrected chi connectivity index (χ2v) is 10.0. The van der Waals surface area contributed by atoms with Crippen molar-refractivity contribution in [3.8, 4) is 0 Å². The van der Waals surface area contributed by atoms with Crippen molar-refractivity contribution in [2.24, 2.45) is 34.5 Å². The van der Waals surface area contributed by atoms with E-state index in [9.17, 15) is 19.5 Å². The van der Waals surface area contributed by atoms with Crippen LogP contribution in [0.4, 0.5) is 0 Å². The van der Waals surface area contributed by atoms with Crippen LogP contribution in [0, 0.1) is 34.5 Å². The summed E-state index contributed by atoms with van der Waals surface area (Å²) < 4.78 is 10.3. The molecule has 31 heavy (non-hydrogen) atoms. The van der Waals surface area contributed by atoms with Gasteiger partial charge in [-0.2, -0.15) is 0 Å². The molecule has 0 radical (unpaired) electrons. The minimum absolute atomic E-state index is 0.0603. The average molecular weight is 436 g/mol. The summed E-state index contributed by atoms with van der Waals surface area (Å²) in [6.45, 7) is 6.83. The number of ketones is 1. The van der Waals surface area contributed by atoms with E-state index in [2.05, 4.69) is 12.2 Å². The molecule has 2 N–H and O–H groups in total. The van der Waals surface area contributed by atoms with Crippen molar-refractivity contribution in [2.75, 3.05) is 27.3 Å². The molecule has 0 aromatic heterocycles. The van der Waals surface area contributed by atoms with E-state index in [4.69, 9.17) is 9.47 Å². The number of ether oxygens (including phenoxy) is 2. The fourth-order valence-electron chi connectivity index (χ4n) is 6.97. The van der Waals surface area contributed by atoms with Crippen molar-refractivity contribution >= 4 is 17.7 Å².